The molecule has 1 fully saturated rings. The Morgan fingerprint density at radius 2 is 2.00 bits per heavy atom. The van der Waals surface area contributed by atoms with E-state index in [1.54, 1.807) is 24.1 Å². The van der Waals surface area contributed by atoms with E-state index >= 15 is 0 Å². The van der Waals surface area contributed by atoms with Gasteiger partial charge in [0.05, 0.1) is 0 Å². The molecule has 1 aliphatic rings. The number of hydrogen-bond donors (Lipinski definition) is 2. The van der Waals surface area contributed by atoms with Crippen molar-refractivity contribution in [1.29, 1.82) is 0 Å². The number of carbonyl (C=O) groups is 1. The topological polar surface area (TPSA) is 78.9 Å². The Kier molecular flexibility index (Phi) is 5.50. The summed E-state index contributed by atoms with van der Waals surface area (Å²) in [6.45, 7) is 0. The molecule has 21 heavy (non-hydrogen) atoms. The predicted octanol–water partition coefficient (Wildman–Crippen LogP) is 2.28. The van der Waals surface area contributed by atoms with Gasteiger partial charge in [0.1, 0.15) is 0 Å². The summed E-state index contributed by atoms with van der Waals surface area (Å²) in [6.07, 6.45) is 2.87. The molecule has 1 amide bonds. The molecular formula is C15H21N3O2S. The van der Waals surface area contributed by atoms with Gasteiger partial charge in [-0.05, 0) is 54.5 Å². The highest BCUT2D eigenvalue weighted by molar-refractivity contribution is 7.99. The molecule has 114 valence electrons. The van der Waals surface area contributed by atoms with Crippen molar-refractivity contribution in [3.8, 4) is 0 Å². The van der Waals surface area contributed by atoms with Crippen molar-refractivity contribution in [1.82, 2.24) is 0 Å². The van der Waals surface area contributed by atoms with Gasteiger partial charge in [0, 0.05) is 24.7 Å². The molecule has 1 aliphatic heterocycles. The number of nitrogens with two attached hydrogens (primary N) is 1. The number of rotatable bonds is 4. The molecule has 6 heteroatoms. The van der Waals surface area contributed by atoms with E-state index in [1.165, 1.54) is 0 Å². The van der Waals surface area contributed by atoms with E-state index in [2.05, 4.69) is 5.16 Å². The molecule has 0 radical (unpaired) electrons. The summed E-state index contributed by atoms with van der Waals surface area (Å²) in [5.74, 6) is 3.04. The Morgan fingerprint density at radius 3 is 2.57 bits per heavy atom. The summed E-state index contributed by atoms with van der Waals surface area (Å²) in [5, 5.41) is 11.6. The quantitative estimate of drug-likeness (QED) is 0.387. The first-order valence-electron chi connectivity index (χ1n) is 7.04. The lowest BCUT2D eigenvalue weighted by Gasteiger charge is -2.24. The molecule has 1 aromatic carbocycles. The highest BCUT2D eigenvalue weighted by Crippen LogP contribution is 2.26. The molecule has 0 saturated carbocycles. The third kappa shape index (κ3) is 4.14. The lowest BCUT2D eigenvalue weighted by molar-refractivity contribution is -0.119. The molecule has 0 atom stereocenters. The van der Waals surface area contributed by atoms with E-state index in [0.29, 0.717) is 17.9 Å². The lowest BCUT2D eigenvalue weighted by atomic mass is 9.98. The van der Waals surface area contributed by atoms with E-state index in [-0.39, 0.29) is 11.7 Å². The highest BCUT2D eigenvalue weighted by Gasteiger charge is 2.20. The molecule has 5 nitrogen and oxygen atoms in total. The first-order chi connectivity index (χ1) is 10.1. The van der Waals surface area contributed by atoms with E-state index in [9.17, 15) is 4.79 Å². The SMILES string of the molecule is CN(C(=O)CC1CCSCC1)c1ccc(/C(N)=N/O)cc1. The van der Waals surface area contributed by atoms with Crippen molar-refractivity contribution < 1.29 is 10.0 Å². The standard InChI is InChI=1S/C15H21N3O2S/c1-18(14(19)10-11-6-8-21-9-7-11)13-4-2-12(3-5-13)15(16)17-20/h2-5,11,20H,6-10H2,1H3,(H2,16,17). The van der Waals surface area contributed by atoms with Crippen LogP contribution in [0.2, 0.25) is 0 Å². The monoisotopic (exact) mass is 307 g/mol. The van der Waals surface area contributed by atoms with Crippen LogP contribution in [0.4, 0.5) is 5.69 Å². The van der Waals surface area contributed by atoms with Crippen molar-refractivity contribution >= 4 is 29.2 Å². The van der Waals surface area contributed by atoms with Crippen molar-refractivity contribution in [2.75, 3.05) is 23.5 Å². The van der Waals surface area contributed by atoms with Gasteiger partial charge in [-0.1, -0.05) is 5.16 Å². The summed E-state index contributed by atoms with van der Waals surface area (Å²) in [5.41, 5.74) is 6.97. The molecular weight excluding hydrogens is 286 g/mol. The average Bonchev–Trinajstić information content (AvgIpc) is 2.54. The van der Waals surface area contributed by atoms with Crippen LogP contribution in [0.25, 0.3) is 0 Å². The number of hydrogen-bond acceptors (Lipinski definition) is 4. The van der Waals surface area contributed by atoms with E-state index in [4.69, 9.17) is 10.9 Å². The summed E-state index contributed by atoms with van der Waals surface area (Å²) in [7, 11) is 1.79. The summed E-state index contributed by atoms with van der Waals surface area (Å²) in [6, 6.07) is 7.10. The second-order valence-corrected chi connectivity index (χ2v) is 6.47. The molecule has 0 unspecified atom stereocenters. The molecule has 1 aromatic rings. The van der Waals surface area contributed by atoms with Crippen LogP contribution in [0, 0.1) is 5.92 Å². The first-order valence-corrected chi connectivity index (χ1v) is 8.19. The Bertz CT molecular complexity index is 510. The number of benzene rings is 1. The zero-order valence-corrected chi connectivity index (χ0v) is 13.0. The maximum atomic E-state index is 12.3. The molecule has 0 bridgehead atoms. The number of thioether (sulfide) groups is 1. The largest absolute Gasteiger partial charge is 0.409 e. The number of anilines is 1. The van der Waals surface area contributed by atoms with Crippen LogP contribution in [0.15, 0.2) is 29.4 Å². The lowest BCUT2D eigenvalue weighted by Crippen LogP contribution is -2.29. The summed E-state index contributed by atoms with van der Waals surface area (Å²) >= 11 is 1.97. The number of carbonyl (C=O) groups excluding carboxylic acids is 1. The van der Waals surface area contributed by atoms with Crippen LogP contribution < -0.4 is 10.6 Å². The van der Waals surface area contributed by atoms with Gasteiger partial charge in [0.25, 0.3) is 0 Å². The van der Waals surface area contributed by atoms with Crippen LogP contribution in [-0.4, -0.2) is 35.5 Å². The van der Waals surface area contributed by atoms with Crippen LogP contribution in [-0.2, 0) is 4.79 Å². The Balaban J connectivity index is 1.98. The highest BCUT2D eigenvalue weighted by atomic mass is 32.2. The van der Waals surface area contributed by atoms with Crippen LogP contribution in [0.3, 0.4) is 0 Å². The van der Waals surface area contributed by atoms with Gasteiger partial charge in [-0.3, -0.25) is 4.79 Å². The van der Waals surface area contributed by atoms with Crippen molar-refractivity contribution in [2.24, 2.45) is 16.8 Å². The Labute approximate surface area is 129 Å². The molecule has 1 saturated heterocycles. The molecule has 0 spiro atoms. The fraction of sp³-hybridized carbons (Fsp3) is 0.467. The molecule has 3 N–H and O–H groups in total. The van der Waals surface area contributed by atoms with Crippen LogP contribution >= 0.6 is 11.8 Å². The fourth-order valence-corrected chi connectivity index (χ4v) is 3.60. The minimum Gasteiger partial charge on any atom is -0.409 e. The second-order valence-electron chi connectivity index (χ2n) is 5.24. The summed E-state index contributed by atoms with van der Waals surface area (Å²) in [4.78, 5) is 14.0. The predicted molar refractivity (Wildman–Crippen MR) is 87.0 cm³/mol. The summed E-state index contributed by atoms with van der Waals surface area (Å²) < 4.78 is 0. The minimum absolute atomic E-state index is 0.0650. The zero-order chi connectivity index (χ0) is 15.2. The second kappa shape index (κ2) is 7.36. The number of oxime groups is 1. The van der Waals surface area contributed by atoms with Gasteiger partial charge in [0.15, 0.2) is 5.84 Å². The normalized spacial score (nSPS) is 16.7. The average molecular weight is 307 g/mol. The Hall–Kier alpha value is -1.69. The molecule has 0 aliphatic carbocycles. The van der Waals surface area contributed by atoms with Gasteiger partial charge in [-0.25, -0.2) is 0 Å². The van der Waals surface area contributed by atoms with Gasteiger partial charge >= 0.3 is 0 Å². The maximum Gasteiger partial charge on any atom is 0.226 e. The van der Waals surface area contributed by atoms with Gasteiger partial charge in [-0.2, -0.15) is 11.8 Å². The van der Waals surface area contributed by atoms with Crippen LogP contribution in [0.1, 0.15) is 24.8 Å². The number of nitrogens with zero attached hydrogens (tertiary/aromatic N) is 2. The molecule has 1 heterocycles. The first kappa shape index (κ1) is 15.7. The van der Waals surface area contributed by atoms with Gasteiger partial charge < -0.3 is 15.8 Å². The van der Waals surface area contributed by atoms with Crippen LogP contribution in [0.5, 0.6) is 0 Å². The smallest absolute Gasteiger partial charge is 0.226 e. The molecule has 2 rings (SSSR count). The zero-order valence-electron chi connectivity index (χ0n) is 12.2. The maximum absolute atomic E-state index is 12.3. The fourth-order valence-electron chi connectivity index (χ4n) is 2.39. The third-order valence-electron chi connectivity index (χ3n) is 3.84. The Morgan fingerprint density at radius 1 is 1.38 bits per heavy atom. The third-order valence-corrected chi connectivity index (χ3v) is 4.89. The van der Waals surface area contributed by atoms with Crippen molar-refractivity contribution in [2.45, 2.75) is 19.3 Å². The van der Waals surface area contributed by atoms with E-state index in [1.807, 2.05) is 23.9 Å². The van der Waals surface area contributed by atoms with Crippen molar-refractivity contribution in [3.05, 3.63) is 29.8 Å². The van der Waals surface area contributed by atoms with E-state index < -0.39 is 0 Å². The van der Waals surface area contributed by atoms with E-state index in [0.717, 1.165) is 30.0 Å². The van der Waals surface area contributed by atoms with Crippen molar-refractivity contribution in [3.63, 3.8) is 0 Å². The van der Waals surface area contributed by atoms with Gasteiger partial charge in [0.2, 0.25) is 5.91 Å². The number of amidine groups is 1. The van der Waals surface area contributed by atoms with Gasteiger partial charge in [-0.15, -0.1) is 0 Å². The number of amides is 1. The molecule has 0 aromatic heterocycles. The minimum atomic E-state index is 0.0650.